The number of halogens is 2. The van der Waals surface area contributed by atoms with Crippen LogP contribution in [0.25, 0.3) is 6.08 Å². The van der Waals surface area contributed by atoms with Crippen molar-refractivity contribution >= 4 is 41.2 Å². The summed E-state index contributed by atoms with van der Waals surface area (Å²) in [5, 5.41) is 0.715. The minimum atomic E-state index is -0.552. The zero-order valence-corrected chi connectivity index (χ0v) is 14.8. The van der Waals surface area contributed by atoms with E-state index in [1.807, 2.05) is 13.8 Å². The molecular formula is C17H17Cl2NO3. The molecular weight excluding hydrogens is 337 g/mol. The van der Waals surface area contributed by atoms with Crippen LogP contribution in [0.4, 0.5) is 0 Å². The van der Waals surface area contributed by atoms with Crippen molar-refractivity contribution in [2.45, 2.75) is 26.8 Å². The third-order valence-electron chi connectivity index (χ3n) is 3.63. The van der Waals surface area contributed by atoms with Gasteiger partial charge in [-0.25, -0.2) is 4.79 Å². The van der Waals surface area contributed by atoms with Crippen molar-refractivity contribution in [3.63, 3.8) is 0 Å². The zero-order valence-electron chi connectivity index (χ0n) is 13.3. The lowest BCUT2D eigenvalue weighted by atomic mass is 10.0. The fraction of sp³-hybridized carbons (Fsp3) is 0.294. The Labute approximate surface area is 145 Å². The molecule has 1 amide bonds. The molecule has 2 rings (SSSR count). The van der Waals surface area contributed by atoms with Crippen molar-refractivity contribution in [2.24, 2.45) is 0 Å². The number of nitrogens with zero attached hydrogens (tertiary/aromatic N) is 1. The number of rotatable bonds is 3. The van der Waals surface area contributed by atoms with Gasteiger partial charge in [0.1, 0.15) is 0 Å². The summed E-state index contributed by atoms with van der Waals surface area (Å²) in [5.41, 5.74) is 1.65. The van der Waals surface area contributed by atoms with Crippen LogP contribution in [0.3, 0.4) is 0 Å². The first kappa shape index (κ1) is 17.6. The Bertz CT molecular complexity index is 735. The molecule has 0 saturated carbocycles. The summed E-state index contributed by atoms with van der Waals surface area (Å²) >= 11 is 12.2. The third-order valence-corrected chi connectivity index (χ3v) is 4.46. The molecule has 0 atom stereocenters. The Morgan fingerprint density at radius 3 is 2.52 bits per heavy atom. The van der Waals surface area contributed by atoms with E-state index in [2.05, 4.69) is 0 Å². The fourth-order valence-corrected chi connectivity index (χ4v) is 2.97. The smallest absolute Gasteiger partial charge is 0.340 e. The van der Waals surface area contributed by atoms with E-state index in [0.29, 0.717) is 21.3 Å². The monoisotopic (exact) mass is 353 g/mol. The summed E-state index contributed by atoms with van der Waals surface area (Å²) in [4.78, 5) is 26.4. The highest BCUT2D eigenvalue weighted by molar-refractivity contribution is 6.43. The number of benzene rings is 1. The predicted octanol–water partition coefficient (Wildman–Crippen LogP) is 4.07. The third kappa shape index (κ3) is 3.14. The number of esters is 1. The molecule has 1 aromatic carbocycles. The molecule has 1 heterocycles. The number of carbonyl (C=O) groups is 2. The highest BCUT2D eigenvalue weighted by atomic mass is 35.5. The first-order chi connectivity index (χ1) is 10.8. The fourth-order valence-electron chi connectivity index (χ4n) is 2.61. The Balaban J connectivity index is 2.64. The molecule has 0 spiro atoms. The molecule has 1 aromatic rings. The average molecular weight is 354 g/mol. The van der Waals surface area contributed by atoms with Crippen LogP contribution in [0.15, 0.2) is 35.0 Å². The molecule has 0 unspecified atom stereocenters. The standard InChI is InChI=1S/C17H17Cl2NO3/c1-9(2)20-10(3)14(17(22)23-4)12(16(20)21)8-11-6-5-7-13(18)15(11)19/h5-9H,1-4H3. The Kier molecular flexibility index (Phi) is 5.17. The number of methoxy groups -OCH3 is 1. The molecule has 6 heteroatoms. The first-order valence-electron chi connectivity index (χ1n) is 7.08. The van der Waals surface area contributed by atoms with E-state index >= 15 is 0 Å². The molecule has 0 radical (unpaired) electrons. The number of carbonyl (C=O) groups excluding carboxylic acids is 2. The maximum atomic E-state index is 12.7. The van der Waals surface area contributed by atoms with Crippen molar-refractivity contribution in [3.05, 3.63) is 50.7 Å². The number of hydrogen-bond donors (Lipinski definition) is 0. The molecule has 1 aliphatic rings. The minimum Gasteiger partial charge on any atom is -0.465 e. The SMILES string of the molecule is COC(=O)C1=C(C)N(C(C)C)C(=O)C1=Cc1cccc(Cl)c1Cl. The summed E-state index contributed by atoms with van der Waals surface area (Å²) in [6, 6.07) is 5.04. The Morgan fingerprint density at radius 2 is 1.96 bits per heavy atom. The van der Waals surface area contributed by atoms with Crippen molar-refractivity contribution in [3.8, 4) is 0 Å². The summed E-state index contributed by atoms with van der Waals surface area (Å²) in [6.45, 7) is 5.49. The summed E-state index contributed by atoms with van der Waals surface area (Å²) in [6.07, 6.45) is 1.58. The number of allylic oxidation sites excluding steroid dienone is 1. The van der Waals surface area contributed by atoms with Gasteiger partial charge in [0.25, 0.3) is 5.91 Å². The highest BCUT2D eigenvalue weighted by Crippen LogP contribution is 2.35. The maximum Gasteiger partial charge on any atom is 0.340 e. The normalized spacial score (nSPS) is 16.7. The average Bonchev–Trinajstić information content (AvgIpc) is 2.74. The minimum absolute atomic E-state index is 0.0807. The van der Waals surface area contributed by atoms with E-state index in [0.717, 1.165) is 0 Å². The van der Waals surface area contributed by atoms with Crippen LogP contribution in [0.1, 0.15) is 26.3 Å². The lowest BCUT2D eigenvalue weighted by Crippen LogP contribution is -2.31. The van der Waals surface area contributed by atoms with Gasteiger partial charge in [0.15, 0.2) is 0 Å². The summed E-state index contributed by atoms with van der Waals surface area (Å²) < 4.78 is 4.83. The molecule has 4 nitrogen and oxygen atoms in total. The van der Waals surface area contributed by atoms with Crippen LogP contribution in [0.2, 0.25) is 10.0 Å². The van der Waals surface area contributed by atoms with Gasteiger partial charge < -0.3 is 9.64 Å². The summed E-state index contributed by atoms with van der Waals surface area (Å²) in [5.74, 6) is -0.808. The van der Waals surface area contributed by atoms with Gasteiger partial charge in [-0.3, -0.25) is 4.79 Å². The zero-order chi connectivity index (χ0) is 17.3. The molecule has 0 fully saturated rings. The largest absolute Gasteiger partial charge is 0.465 e. The Morgan fingerprint density at radius 1 is 1.30 bits per heavy atom. The van der Waals surface area contributed by atoms with Crippen molar-refractivity contribution in [1.82, 2.24) is 4.90 Å². The van der Waals surface area contributed by atoms with Gasteiger partial charge in [-0.05, 0) is 38.5 Å². The van der Waals surface area contributed by atoms with Crippen molar-refractivity contribution in [1.29, 1.82) is 0 Å². The summed E-state index contributed by atoms with van der Waals surface area (Å²) in [7, 11) is 1.29. The molecule has 0 aromatic heterocycles. The Hall–Kier alpha value is -1.78. The van der Waals surface area contributed by atoms with Gasteiger partial charge in [-0.2, -0.15) is 0 Å². The topological polar surface area (TPSA) is 46.6 Å². The van der Waals surface area contributed by atoms with E-state index in [-0.39, 0.29) is 23.1 Å². The molecule has 0 bridgehead atoms. The van der Waals surface area contributed by atoms with Crippen molar-refractivity contribution in [2.75, 3.05) is 7.11 Å². The van der Waals surface area contributed by atoms with Crippen LogP contribution in [-0.2, 0) is 14.3 Å². The first-order valence-corrected chi connectivity index (χ1v) is 7.84. The van der Waals surface area contributed by atoms with E-state index in [9.17, 15) is 9.59 Å². The van der Waals surface area contributed by atoms with Crippen LogP contribution < -0.4 is 0 Å². The van der Waals surface area contributed by atoms with Gasteiger partial charge in [0.05, 0.1) is 28.3 Å². The molecule has 23 heavy (non-hydrogen) atoms. The van der Waals surface area contributed by atoms with Gasteiger partial charge in [-0.1, -0.05) is 35.3 Å². The highest BCUT2D eigenvalue weighted by Gasteiger charge is 2.38. The van der Waals surface area contributed by atoms with Gasteiger partial charge in [0.2, 0.25) is 0 Å². The number of amides is 1. The lowest BCUT2D eigenvalue weighted by molar-refractivity contribution is -0.136. The molecule has 0 N–H and O–H groups in total. The van der Waals surface area contributed by atoms with Gasteiger partial charge in [-0.15, -0.1) is 0 Å². The second-order valence-corrected chi connectivity index (χ2v) is 6.21. The van der Waals surface area contributed by atoms with Crippen LogP contribution in [0.5, 0.6) is 0 Å². The van der Waals surface area contributed by atoms with Gasteiger partial charge in [0, 0.05) is 11.7 Å². The van der Waals surface area contributed by atoms with E-state index in [1.54, 1.807) is 36.1 Å². The molecule has 122 valence electrons. The molecule has 0 saturated heterocycles. The van der Waals surface area contributed by atoms with E-state index in [1.165, 1.54) is 7.11 Å². The van der Waals surface area contributed by atoms with Crippen LogP contribution in [0, 0.1) is 0 Å². The van der Waals surface area contributed by atoms with E-state index in [4.69, 9.17) is 27.9 Å². The van der Waals surface area contributed by atoms with Crippen LogP contribution >= 0.6 is 23.2 Å². The molecule has 0 aliphatic carbocycles. The quantitative estimate of drug-likeness (QED) is 0.607. The van der Waals surface area contributed by atoms with Crippen LogP contribution in [-0.4, -0.2) is 29.9 Å². The predicted molar refractivity (Wildman–Crippen MR) is 91.1 cm³/mol. The molecule has 1 aliphatic heterocycles. The van der Waals surface area contributed by atoms with E-state index < -0.39 is 5.97 Å². The maximum absolute atomic E-state index is 12.7. The second kappa shape index (κ2) is 6.77. The van der Waals surface area contributed by atoms with Crippen molar-refractivity contribution < 1.29 is 14.3 Å². The number of hydrogen-bond acceptors (Lipinski definition) is 3. The lowest BCUT2D eigenvalue weighted by Gasteiger charge is -2.22. The second-order valence-electron chi connectivity index (χ2n) is 5.42. The number of ether oxygens (including phenoxy) is 1. The van der Waals surface area contributed by atoms with Gasteiger partial charge >= 0.3 is 5.97 Å².